The summed E-state index contributed by atoms with van der Waals surface area (Å²) in [4.78, 5) is 20.5. The van der Waals surface area contributed by atoms with Gasteiger partial charge in [-0.1, -0.05) is 60.7 Å². The molecule has 3 aromatic rings. The molecule has 3 aromatic carbocycles. The molecule has 1 heterocycles. The van der Waals surface area contributed by atoms with E-state index in [9.17, 15) is 9.90 Å². The van der Waals surface area contributed by atoms with Crippen molar-refractivity contribution in [3.05, 3.63) is 101 Å². The fraction of sp³-hybridized carbons (Fsp3) is 0.387. The first-order valence-corrected chi connectivity index (χ1v) is 13.1. The average Bonchev–Trinajstić information content (AvgIpc) is 2.88. The molecule has 4 rings (SSSR count). The average molecular weight is 486 g/mol. The quantitative estimate of drug-likeness (QED) is 0.454. The maximum atomic E-state index is 13.6. The first-order chi connectivity index (χ1) is 17.4. The highest BCUT2D eigenvalue weighted by atomic mass is 16.3. The minimum Gasteiger partial charge on any atom is -0.508 e. The van der Waals surface area contributed by atoms with E-state index >= 15 is 0 Å². The van der Waals surface area contributed by atoms with Crippen molar-refractivity contribution in [2.24, 2.45) is 0 Å². The lowest BCUT2D eigenvalue weighted by Gasteiger charge is -2.48. The first-order valence-electron chi connectivity index (χ1n) is 13.1. The van der Waals surface area contributed by atoms with Gasteiger partial charge in [0, 0.05) is 50.4 Å². The summed E-state index contributed by atoms with van der Waals surface area (Å²) in [6, 6.07) is 26.6. The van der Waals surface area contributed by atoms with Gasteiger partial charge >= 0.3 is 0 Å². The molecule has 0 aromatic heterocycles. The largest absolute Gasteiger partial charge is 0.508 e. The molecular weight excluding hydrogens is 446 g/mol. The highest BCUT2D eigenvalue weighted by Crippen LogP contribution is 2.36. The smallest absolute Gasteiger partial charge is 0.254 e. The van der Waals surface area contributed by atoms with Crippen LogP contribution in [0.2, 0.25) is 0 Å². The Hall–Kier alpha value is -3.15. The first kappa shape index (κ1) is 25.9. The zero-order valence-corrected chi connectivity index (χ0v) is 22.0. The number of carbonyl (C=O) groups excluding carboxylic acids is 1. The Kier molecular flexibility index (Phi) is 8.44. The van der Waals surface area contributed by atoms with E-state index in [2.05, 4.69) is 66.1 Å². The number of carbonyl (C=O) groups is 1. The second-order valence-corrected chi connectivity index (χ2v) is 9.87. The van der Waals surface area contributed by atoms with Crippen LogP contribution in [0, 0.1) is 0 Å². The van der Waals surface area contributed by atoms with Crippen LogP contribution in [0.25, 0.3) is 0 Å². The Labute approximate surface area is 216 Å². The van der Waals surface area contributed by atoms with E-state index in [1.165, 1.54) is 5.56 Å². The molecule has 5 nitrogen and oxygen atoms in total. The van der Waals surface area contributed by atoms with Crippen molar-refractivity contribution in [1.29, 1.82) is 0 Å². The predicted octanol–water partition coefficient (Wildman–Crippen LogP) is 5.56. The van der Waals surface area contributed by atoms with Crippen molar-refractivity contribution in [3.8, 4) is 5.75 Å². The highest BCUT2D eigenvalue weighted by Gasteiger charge is 2.36. The van der Waals surface area contributed by atoms with Crippen LogP contribution >= 0.6 is 0 Å². The van der Waals surface area contributed by atoms with Crippen LogP contribution in [-0.4, -0.2) is 64.0 Å². The molecule has 0 bridgehead atoms. The van der Waals surface area contributed by atoms with E-state index in [0.717, 1.165) is 36.3 Å². The number of hydrogen-bond donors (Lipinski definition) is 1. The number of rotatable bonds is 8. The molecule has 190 valence electrons. The molecular formula is C31H39N3O2. The molecule has 1 fully saturated rings. The molecule has 36 heavy (non-hydrogen) atoms. The summed E-state index contributed by atoms with van der Waals surface area (Å²) in [5.74, 6) is 0.303. The summed E-state index contributed by atoms with van der Waals surface area (Å²) in [5.41, 5.74) is 4.06. The van der Waals surface area contributed by atoms with Crippen LogP contribution in [0.1, 0.15) is 60.8 Å². The summed E-state index contributed by atoms with van der Waals surface area (Å²) in [7, 11) is 0. The van der Waals surface area contributed by atoms with Gasteiger partial charge in [0.05, 0.1) is 6.04 Å². The standard InChI is InChI=1S/C31H39N3O2/c1-5-32(6-2)31(36)29-18-11-10-17-28(29)30(26-15-12-16-27(35)19-26)34-21-23(3)33(20-24(34)4)22-25-13-8-7-9-14-25/h7-19,23-24,30,35H,5-6,20-22H2,1-4H3/t23-,24+,30-/m1/s1. The molecule has 1 amide bonds. The van der Waals surface area contributed by atoms with Gasteiger partial charge in [-0.2, -0.15) is 0 Å². The third kappa shape index (κ3) is 5.63. The summed E-state index contributed by atoms with van der Waals surface area (Å²) < 4.78 is 0. The molecule has 0 saturated carbocycles. The zero-order chi connectivity index (χ0) is 25.7. The zero-order valence-electron chi connectivity index (χ0n) is 22.0. The Balaban J connectivity index is 1.71. The van der Waals surface area contributed by atoms with Gasteiger partial charge in [-0.15, -0.1) is 0 Å². The van der Waals surface area contributed by atoms with E-state index in [1.54, 1.807) is 6.07 Å². The molecule has 0 radical (unpaired) electrons. The van der Waals surface area contributed by atoms with Crippen LogP contribution in [0.3, 0.4) is 0 Å². The van der Waals surface area contributed by atoms with Crippen LogP contribution in [0.15, 0.2) is 78.9 Å². The van der Waals surface area contributed by atoms with Crippen LogP contribution in [0.4, 0.5) is 0 Å². The van der Waals surface area contributed by atoms with Gasteiger partial charge < -0.3 is 10.0 Å². The minimum absolute atomic E-state index is 0.0594. The van der Waals surface area contributed by atoms with Gasteiger partial charge in [0.2, 0.25) is 0 Å². The summed E-state index contributed by atoms with van der Waals surface area (Å²) >= 11 is 0. The molecule has 0 spiro atoms. The topological polar surface area (TPSA) is 47.0 Å². The summed E-state index contributed by atoms with van der Waals surface area (Å²) in [5, 5.41) is 10.4. The van der Waals surface area contributed by atoms with Gasteiger partial charge in [0.25, 0.3) is 5.91 Å². The maximum absolute atomic E-state index is 13.6. The fourth-order valence-corrected chi connectivity index (χ4v) is 5.48. The van der Waals surface area contributed by atoms with E-state index in [4.69, 9.17) is 0 Å². The van der Waals surface area contributed by atoms with Crippen molar-refractivity contribution in [1.82, 2.24) is 14.7 Å². The number of phenolic OH excluding ortho intramolecular Hbond substituents is 1. The van der Waals surface area contributed by atoms with Crippen molar-refractivity contribution in [3.63, 3.8) is 0 Å². The van der Waals surface area contributed by atoms with E-state index in [1.807, 2.05) is 49.1 Å². The van der Waals surface area contributed by atoms with Crippen LogP contribution < -0.4 is 0 Å². The van der Waals surface area contributed by atoms with Gasteiger partial charge in [-0.25, -0.2) is 0 Å². The molecule has 1 aliphatic rings. The number of benzene rings is 3. The Morgan fingerprint density at radius 1 is 0.917 bits per heavy atom. The number of nitrogens with zero attached hydrogens (tertiary/aromatic N) is 3. The van der Waals surface area contributed by atoms with Gasteiger partial charge in [0.15, 0.2) is 0 Å². The molecule has 0 unspecified atom stereocenters. The summed E-state index contributed by atoms with van der Waals surface area (Å²) in [6.07, 6.45) is 0. The third-order valence-electron chi connectivity index (χ3n) is 7.45. The van der Waals surface area contributed by atoms with Crippen LogP contribution in [0.5, 0.6) is 5.75 Å². The van der Waals surface area contributed by atoms with Gasteiger partial charge in [-0.05, 0) is 62.6 Å². The SMILES string of the molecule is CCN(CC)C(=O)c1ccccc1[C@@H](c1cccc(O)c1)N1C[C@@H](C)N(Cc2ccccc2)C[C@@H]1C. The Bertz CT molecular complexity index is 1150. The number of aromatic hydroxyl groups is 1. The summed E-state index contributed by atoms with van der Waals surface area (Å²) in [6.45, 7) is 12.7. The van der Waals surface area contributed by atoms with Gasteiger partial charge in [0.1, 0.15) is 5.75 Å². The third-order valence-corrected chi connectivity index (χ3v) is 7.45. The second kappa shape index (κ2) is 11.7. The number of hydrogen-bond acceptors (Lipinski definition) is 4. The number of amides is 1. The lowest BCUT2D eigenvalue weighted by molar-refractivity contribution is 0.0192. The van der Waals surface area contributed by atoms with Gasteiger partial charge in [-0.3, -0.25) is 14.6 Å². The predicted molar refractivity (Wildman–Crippen MR) is 146 cm³/mol. The van der Waals surface area contributed by atoms with Crippen molar-refractivity contribution in [2.75, 3.05) is 26.2 Å². The second-order valence-electron chi connectivity index (χ2n) is 9.87. The maximum Gasteiger partial charge on any atom is 0.254 e. The fourth-order valence-electron chi connectivity index (χ4n) is 5.48. The monoisotopic (exact) mass is 485 g/mol. The minimum atomic E-state index is -0.135. The molecule has 3 atom stereocenters. The molecule has 1 N–H and O–H groups in total. The molecule has 1 saturated heterocycles. The molecule has 1 aliphatic heterocycles. The lowest BCUT2D eigenvalue weighted by atomic mass is 9.90. The van der Waals surface area contributed by atoms with Crippen LogP contribution in [-0.2, 0) is 6.54 Å². The molecule has 0 aliphatic carbocycles. The number of phenols is 1. The lowest BCUT2D eigenvalue weighted by Crippen LogP contribution is -2.57. The van der Waals surface area contributed by atoms with Crippen molar-refractivity contribution in [2.45, 2.75) is 52.4 Å². The van der Waals surface area contributed by atoms with E-state index in [0.29, 0.717) is 19.1 Å². The Morgan fingerprint density at radius 2 is 1.61 bits per heavy atom. The van der Waals surface area contributed by atoms with Crippen molar-refractivity contribution >= 4 is 5.91 Å². The van der Waals surface area contributed by atoms with E-state index < -0.39 is 0 Å². The normalized spacial score (nSPS) is 19.7. The Morgan fingerprint density at radius 3 is 2.31 bits per heavy atom. The van der Waals surface area contributed by atoms with E-state index in [-0.39, 0.29) is 23.7 Å². The molecule has 5 heteroatoms. The number of piperazine rings is 1. The highest BCUT2D eigenvalue weighted by molar-refractivity contribution is 5.96. The van der Waals surface area contributed by atoms with Crippen molar-refractivity contribution < 1.29 is 9.90 Å².